The van der Waals surface area contributed by atoms with Gasteiger partial charge >= 0.3 is 12.2 Å². The molecular weight excluding hydrogens is 422 g/mol. The zero-order chi connectivity index (χ0) is 24.6. The van der Waals surface area contributed by atoms with Crippen LogP contribution >= 0.6 is 0 Å². The van der Waals surface area contributed by atoms with Crippen molar-refractivity contribution >= 4 is 17.9 Å². The van der Waals surface area contributed by atoms with Gasteiger partial charge in [0.2, 0.25) is 0 Å². The zero-order valence-corrected chi connectivity index (χ0v) is 20.5. The first kappa shape index (κ1) is 24.6. The third-order valence-corrected chi connectivity index (χ3v) is 5.73. The van der Waals surface area contributed by atoms with E-state index in [1.807, 2.05) is 24.3 Å². The maximum atomic E-state index is 13.4. The van der Waals surface area contributed by atoms with E-state index in [4.69, 9.17) is 9.47 Å². The fraction of sp³-hybridized carbons (Fsp3) is 0.560. The molecule has 1 saturated carbocycles. The SMILES string of the molecule is C/C(=N\O)c1ccccc1[C@H]1C=CC2(CC2)[C@@H]1N(NC(=O)OC(C)(C)C)C(=O)OC(C)(C)C. The molecule has 1 aromatic carbocycles. The van der Waals surface area contributed by atoms with Crippen LogP contribution in [0, 0.1) is 5.41 Å². The lowest BCUT2D eigenvalue weighted by molar-refractivity contribution is -0.0166. The topological polar surface area (TPSA) is 100 Å². The van der Waals surface area contributed by atoms with Crippen LogP contribution in [-0.2, 0) is 9.47 Å². The Kier molecular flexibility index (Phi) is 6.51. The first-order valence-corrected chi connectivity index (χ1v) is 11.3. The molecule has 2 atom stereocenters. The highest BCUT2D eigenvalue weighted by atomic mass is 16.6. The average molecular weight is 458 g/mol. The van der Waals surface area contributed by atoms with Gasteiger partial charge in [-0.3, -0.25) is 0 Å². The van der Waals surface area contributed by atoms with E-state index in [1.165, 1.54) is 5.01 Å². The summed E-state index contributed by atoms with van der Waals surface area (Å²) in [5, 5.41) is 14.1. The second kappa shape index (κ2) is 8.72. The normalized spacial score (nSPS) is 21.6. The highest BCUT2D eigenvalue weighted by Gasteiger charge is 2.58. The smallest absolute Gasteiger partial charge is 0.429 e. The van der Waals surface area contributed by atoms with Crippen molar-refractivity contribution in [2.24, 2.45) is 10.6 Å². The van der Waals surface area contributed by atoms with Gasteiger partial charge in [0.05, 0.1) is 11.8 Å². The lowest BCUT2D eigenvalue weighted by Crippen LogP contribution is -2.57. The minimum absolute atomic E-state index is 0.247. The van der Waals surface area contributed by atoms with Crippen molar-refractivity contribution < 1.29 is 24.3 Å². The van der Waals surface area contributed by atoms with Crippen molar-refractivity contribution in [1.82, 2.24) is 10.4 Å². The molecule has 0 radical (unpaired) electrons. The van der Waals surface area contributed by atoms with Crippen LogP contribution in [0.25, 0.3) is 0 Å². The maximum absolute atomic E-state index is 13.4. The highest BCUT2D eigenvalue weighted by molar-refractivity contribution is 6.00. The van der Waals surface area contributed by atoms with Crippen molar-refractivity contribution in [2.75, 3.05) is 0 Å². The van der Waals surface area contributed by atoms with E-state index < -0.39 is 29.4 Å². The quantitative estimate of drug-likeness (QED) is 0.275. The predicted octanol–water partition coefficient (Wildman–Crippen LogP) is 5.36. The standard InChI is InChI=1S/C25H35N3O5/c1-16(27-31)17-10-8-9-11-18(17)19-12-13-25(14-15-25)20(19)28(22(30)33-24(5,6)7)26-21(29)32-23(2,3)4/h8-13,19-20,31H,14-15H2,1-7H3,(H,26,29)/b27-16+/t19-,20-/m1/s1. The Labute approximate surface area is 195 Å². The Hall–Kier alpha value is -3.03. The molecule has 3 rings (SSSR count). The van der Waals surface area contributed by atoms with Crippen LogP contribution in [0.2, 0.25) is 0 Å². The van der Waals surface area contributed by atoms with Crippen molar-refractivity contribution in [1.29, 1.82) is 0 Å². The first-order chi connectivity index (χ1) is 15.3. The molecule has 0 aromatic heterocycles. The van der Waals surface area contributed by atoms with Crippen LogP contribution in [0.1, 0.15) is 78.4 Å². The summed E-state index contributed by atoms with van der Waals surface area (Å²) in [5.74, 6) is -0.247. The number of oxime groups is 1. The molecule has 8 heteroatoms. The molecule has 0 aliphatic heterocycles. The molecule has 33 heavy (non-hydrogen) atoms. The molecule has 8 nitrogen and oxygen atoms in total. The number of carbonyl (C=O) groups is 2. The molecular formula is C25H35N3O5. The van der Waals surface area contributed by atoms with E-state index in [2.05, 4.69) is 22.7 Å². The lowest BCUT2D eigenvalue weighted by atomic mass is 9.84. The van der Waals surface area contributed by atoms with Gasteiger partial charge in [-0.1, -0.05) is 41.6 Å². The van der Waals surface area contributed by atoms with Crippen molar-refractivity contribution in [2.45, 2.75) is 84.5 Å². The fourth-order valence-electron chi connectivity index (χ4n) is 4.27. The molecule has 0 heterocycles. The number of nitrogens with one attached hydrogen (secondary N) is 1. The Morgan fingerprint density at radius 1 is 1.09 bits per heavy atom. The number of hydrogen-bond acceptors (Lipinski definition) is 6. The molecule has 0 unspecified atom stereocenters. The molecule has 0 bridgehead atoms. The van der Waals surface area contributed by atoms with Gasteiger partial charge in [0, 0.05) is 16.9 Å². The van der Waals surface area contributed by atoms with Gasteiger partial charge in [-0.25, -0.2) is 20.0 Å². The number of rotatable bonds is 3. The molecule has 2 aliphatic carbocycles. The van der Waals surface area contributed by atoms with Crippen molar-refractivity contribution in [3.8, 4) is 0 Å². The summed E-state index contributed by atoms with van der Waals surface area (Å²) in [4.78, 5) is 26.1. The van der Waals surface area contributed by atoms with Crippen molar-refractivity contribution in [3.05, 3.63) is 47.5 Å². The van der Waals surface area contributed by atoms with Crippen LogP contribution in [0.15, 0.2) is 41.6 Å². The molecule has 2 amide bonds. The number of benzene rings is 1. The van der Waals surface area contributed by atoms with Gasteiger partial charge in [0.15, 0.2) is 0 Å². The van der Waals surface area contributed by atoms with Gasteiger partial charge < -0.3 is 14.7 Å². The summed E-state index contributed by atoms with van der Waals surface area (Å²) in [5.41, 5.74) is 3.08. The van der Waals surface area contributed by atoms with Gasteiger partial charge in [-0.05, 0) is 66.9 Å². The van der Waals surface area contributed by atoms with E-state index in [-0.39, 0.29) is 11.3 Å². The van der Waals surface area contributed by atoms with Gasteiger partial charge in [0.25, 0.3) is 0 Å². The summed E-state index contributed by atoms with van der Waals surface area (Å²) in [6.07, 6.45) is 4.58. The van der Waals surface area contributed by atoms with E-state index in [0.29, 0.717) is 5.71 Å². The van der Waals surface area contributed by atoms with Crippen LogP contribution < -0.4 is 5.43 Å². The largest absolute Gasteiger partial charge is 0.443 e. The average Bonchev–Trinajstić information content (AvgIpc) is 3.37. The van der Waals surface area contributed by atoms with E-state index in [0.717, 1.165) is 24.0 Å². The fourth-order valence-corrected chi connectivity index (χ4v) is 4.27. The third kappa shape index (κ3) is 5.67. The number of hydrazine groups is 1. The summed E-state index contributed by atoms with van der Waals surface area (Å²) in [7, 11) is 0. The molecule has 180 valence electrons. The van der Waals surface area contributed by atoms with Gasteiger partial charge in [0.1, 0.15) is 11.2 Å². The summed E-state index contributed by atoms with van der Waals surface area (Å²) in [6.45, 7) is 12.4. The van der Waals surface area contributed by atoms with Crippen molar-refractivity contribution in [3.63, 3.8) is 0 Å². The number of amides is 2. The van der Waals surface area contributed by atoms with E-state index in [1.54, 1.807) is 48.5 Å². The molecule has 2 aliphatic rings. The molecule has 1 spiro atoms. The molecule has 2 N–H and O–H groups in total. The van der Waals surface area contributed by atoms with E-state index in [9.17, 15) is 14.8 Å². The number of hydrogen-bond donors (Lipinski definition) is 2. The number of ether oxygens (including phenoxy) is 2. The van der Waals surface area contributed by atoms with Crippen LogP contribution in [0.4, 0.5) is 9.59 Å². The monoisotopic (exact) mass is 457 g/mol. The number of carbonyl (C=O) groups excluding carboxylic acids is 2. The molecule has 1 fully saturated rings. The van der Waals surface area contributed by atoms with E-state index >= 15 is 0 Å². The Morgan fingerprint density at radius 3 is 2.24 bits per heavy atom. The summed E-state index contributed by atoms with van der Waals surface area (Å²) < 4.78 is 11.1. The molecule has 1 aromatic rings. The van der Waals surface area contributed by atoms with Crippen LogP contribution in [0.3, 0.4) is 0 Å². The second-order valence-electron chi connectivity index (χ2n) is 10.8. The predicted molar refractivity (Wildman–Crippen MR) is 125 cm³/mol. The number of nitrogens with zero attached hydrogens (tertiary/aromatic N) is 2. The Balaban J connectivity index is 2.03. The first-order valence-electron chi connectivity index (χ1n) is 11.3. The zero-order valence-electron chi connectivity index (χ0n) is 20.5. The Bertz CT molecular complexity index is 967. The van der Waals surface area contributed by atoms with Gasteiger partial charge in [-0.2, -0.15) is 0 Å². The minimum Gasteiger partial charge on any atom is -0.443 e. The van der Waals surface area contributed by atoms with Crippen LogP contribution in [0.5, 0.6) is 0 Å². The summed E-state index contributed by atoms with van der Waals surface area (Å²) in [6, 6.07) is 7.19. The second-order valence-corrected chi connectivity index (χ2v) is 10.8. The minimum atomic E-state index is -0.749. The van der Waals surface area contributed by atoms with Gasteiger partial charge in [-0.15, -0.1) is 0 Å². The molecule has 0 saturated heterocycles. The lowest BCUT2D eigenvalue weighted by Gasteiger charge is -2.38. The maximum Gasteiger partial charge on any atom is 0.429 e. The summed E-state index contributed by atoms with van der Waals surface area (Å²) >= 11 is 0. The third-order valence-electron chi connectivity index (χ3n) is 5.73. The van der Waals surface area contributed by atoms with Crippen LogP contribution in [-0.4, -0.2) is 45.4 Å². The highest BCUT2D eigenvalue weighted by Crippen LogP contribution is 2.59. The Morgan fingerprint density at radius 2 is 1.70 bits per heavy atom.